The highest BCUT2D eigenvalue weighted by Crippen LogP contribution is 2.02. The summed E-state index contributed by atoms with van der Waals surface area (Å²) >= 11 is 1.68. The minimum absolute atomic E-state index is 0.00643. The molecule has 0 aromatic carbocycles. The molecule has 20 heavy (non-hydrogen) atoms. The zero-order chi connectivity index (χ0) is 15.5. The van der Waals surface area contributed by atoms with Crippen LogP contribution in [-0.4, -0.2) is 53.8 Å². The first-order valence-corrected chi connectivity index (χ1v) is 7.50. The number of methoxy groups -OCH3 is 1. The molecule has 8 heteroatoms. The minimum atomic E-state index is -1.18. The number of aliphatic carboxylic acids is 1. The van der Waals surface area contributed by atoms with E-state index in [1.54, 1.807) is 11.8 Å². The Morgan fingerprint density at radius 3 is 2.45 bits per heavy atom. The average molecular weight is 306 g/mol. The number of carbonyl (C=O) groups is 3. The molecule has 0 aromatic rings. The summed E-state index contributed by atoms with van der Waals surface area (Å²) in [5.41, 5.74) is 0. The molecule has 0 heterocycles. The van der Waals surface area contributed by atoms with Crippen LogP contribution in [-0.2, 0) is 14.3 Å². The highest BCUT2D eigenvalue weighted by molar-refractivity contribution is 7.99. The summed E-state index contributed by atoms with van der Waals surface area (Å²) in [6, 6.07) is -1.72. The van der Waals surface area contributed by atoms with Crippen LogP contribution in [0.25, 0.3) is 0 Å². The van der Waals surface area contributed by atoms with Crippen LogP contribution < -0.4 is 10.6 Å². The van der Waals surface area contributed by atoms with Gasteiger partial charge in [-0.3, -0.25) is 4.79 Å². The van der Waals surface area contributed by atoms with Gasteiger partial charge in [-0.05, 0) is 19.1 Å². The van der Waals surface area contributed by atoms with E-state index in [9.17, 15) is 14.4 Å². The molecule has 1 unspecified atom stereocenters. The third-order valence-corrected chi connectivity index (χ3v) is 3.56. The number of carboxylic acids is 1. The number of hydrogen-bond donors (Lipinski definition) is 3. The SMILES string of the molecule is CCSCC(C)NC(=O)N[C@@H](CCC(=O)OC)C(=O)O. The van der Waals surface area contributed by atoms with Crippen molar-refractivity contribution in [1.82, 2.24) is 10.6 Å². The van der Waals surface area contributed by atoms with Gasteiger partial charge >= 0.3 is 18.0 Å². The quantitative estimate of drug-likeness (QED) is 0.545. The van der Waals surface area contributed by atoms with Gasteiger partial charge in [0, 0.05) is 18.2 Å². The zero-order valence-electron chi connectivity index (χ0n) is 12.0. The Morgan fingerprint density at radius 1 is 1.30 bits per heavy atom. The van der Waals surface area contributed by atoms with Crippen molar-refractivity contribution in [1.29, 1.82) is 0 Å². The number of carbonyl (C=O) groups excluding carboxylic acids is 2. The maximum absolute atomic E-state index is 11.6. The number of hydrogen-bond acceptors (Lipinski definition) is 5. The lowest BCUT2D eigenvalue weighted by atomic mass is 10.1. The second-order valence-electron chi connectivity index (χ2n) is 4.18. The maximum Gasteiger partial charge on any atom is 0.326 e. The van der Waals surface area contributed by atoms with Crippen molar-refractivity contribution in [3.05, 3.63) is 0 Å². The summed E-state index contributed by atoms with van der Waals surface area (Å²) in [7, 11) is 1.23. The Morgan fingerprint density at radius 2 is 1.95 bits per heavy atom. The third kappa shape index (κ3) is 8.63. The summed E-state index contributed by atoms with van der Waals surface area (Å²) < 4.78 is 4.43. The van der Waals surface area contributed by atoms with Crippen molar-refractivity contribution in [2.45, 2.75) is 38.8 Å². The normalized spacial score (nSPS) is 13.2. The molecule has 7 nitrogen and oxygen atoms in total. The number of esters is 1. The van der Waals surface area contributed by atoms with Crippen molar-refractivity contribution in [2.24, 2.45) is 0 Å². The van der Waals surface area contributed by atoms with Gasteiger partial charge < -0.3 is 20.5 Å². The van der Waals surface area contributed by atoms with E-state index in [-0.39, 0.29) is 18.9 Å². The van der Waals surface area contributed by atoms with Crippen LogP contribution in [0.1, 0.15) is 26.7 Å². The Kier molecular flexibility index (Phi) is 9.61. The van der Waals surface area contributed by atoms with E-state index >= 15 is 0 Å². The molecule has 0 fully saturated rings. The lowest BCUT2D eigenvalue weighted by Crippen LogP contribution is -2.49. The standard InChI is InChI=1S/C12H22N2O5S/c1-4-20-7-8(2)13-12(18)14-9(11(16)17)5-6-10(15)19-3/h8-9H,4-7H2,1-3H3,(H,16,17)(H2,13,14,18)/t8?,9-/m0/s1. The van der Waals surface area contributed by atoms with Crippen molar-refractivity contribution in [2.75, 3.05) is 18.6 Å². The molecule has 0 saturated carbocycles. The maximum atomic E-state index is 11.6. The number of carboxylic acid groups (broad SMARTS) is 1. The fourth-order valence-electron chi connectivity index (χ4n) is 1.38. The van der Waals surface area contributed by atoms with E-state index in [0.717, 1.165) is 11.5 Å². The molecule has 2 amide bonds. The largest absolute Gasteiger partial charge is 0.480 e. The molecule has 0 spiro atoms. The Hall–Kier alpha value is -1.44. The lowest BCUT2D eigenvalue weighted by molar-refractivity contribution is -0.142. The monoisotopic (exact) mass is 306 g/mol. The van der Waals surface area contributed by atoms with Crippen molar-refractivity contribution in [3.63, 3.8) is 0 Å². The average Bonchev–Trinajstić information content (AvgIpc) is 2.40. The van der Waals surface area contributed by atoms with Gasteiger partial charge in [-0.15, -0.1) is 0 Å². The van der Waals surface area contributed by atoms with Crippen LogP contribution >= 0.6 is 11.8 Å². The predicted octanol–water partition coefficient (Wildman–Crippen LogP) is 0.834. The molecule has 0 aliphatic rings. The first-order chi connectivity index (χ1) is 9.40. The molecule has 0 saturated heterocycles. The first-order valence-electron chi connectivity index (χ1n) is 6.35. The van der Waals surface area contributed by atoms with E-state index in [4.69, 9.17) is 5.11 Å². The molecule has 0 aliphatic carbocycles. The summed E-state index contributed by atoms with van der Waals surface area (Å²) in [5, 5.41) is 14.0. The smallest absolute Gasteiger partial charge is 0.326 e. The van der Waals surface area contributed by atoms with Gasteiger partial charge in [0.05, 0.1) is 7.11 Å². The number of thioether (sulfide) groups is 1. The van der Waals surface area contributed by atoms with Gasteiger partial charge in [-0.25, -0.2) is 9.59 Å². The van der Waals surface area contributed by atoms with Crippen LogP contribution in [0.2, 0.25) is 0 Å². The second-order valence-corrected chi connectivity index (χ2v) is 5.50. The number of amides is 2. The molecule has 0 bridgehead atoms. The lowest BCUT2D eigenvalue weighted by Gasteiger charge is -2.17. The van der Waals surface area contributed by atoms with Crippen molar-refractivity contribution in [3.8, 4) is 0 Å². The zero-order valence-corrected chi connectivity index (χ0v) is 12.8. The van der Waals surface area contributed by atoms with E-state index in [1.165, 1.54) is 7.11 Å². The van der Waals surface area contributed by atoms with Crippen LogP contribution in [0.5, 0.6) is 0 Å². The van der Waals surface area contributed by atoms with E-state index in [0.29, 0.717) is 0 Å². The van der Waals surface area contributed by atoms with Crippen LogP contribution in [0, 0.1) is 0 Å². The Balaban J connectivity index is 4.20. The van der Waals surface area contributed by atoms with E-state index in [2.05, 4.69) is 15.4 Å². The topological polar surface area (TPSA) is 105 Å². The highest BCUT2D eigenvalue weighted by atomic mass is 32.2. The van der Waals surface area contributed by atoms with Gasteiger partial charge in [0.1, 0.15) is 6.04 Å². The van der Waals surface area contributed by atoms with E-state index < -0.39 is 24.0 Å². The van der Waals surface area contributed by atoms with Crippen LogP contribution in [0.3, 0.4) is 0 Å². The molecule has 0 aromatic heterocycles. The molecular weight excluding hydrogens is 284 g/mol. The van der Waals surface area contributed by atoms with Crippen LogP contribution in [0.4, 0.5) is 4.79 Å². The molecule has 3 N–H and O–H groups in total. The van der Waals surface area contributed by atoms with Gasteiger partial charge in [0.15, 0.2) is 0 Å². The summed E-state index contributed by atoms with van der Waals surface area (Å²) in [5.74, 6) is 0.0137. The summed E-state index contributed by atoms with van der Waals surface area (Å²) in [6.07, 6.45) is -0.0670. The van der Waals surface area contributed by atoms with Gasteiger partial charge in [-0.1, -0.05) is 6.92 Å². The van der Waals surface area contributed by atoms with Crippen molar-refractivity contribution < 1.29 is 24.2 Å². The van der Waals surface area contributed by atoms with Crippen LogP contribution in [0.15, 0.2) is 0 Å². The fourth-order valence-corrected chi connectivity index (χ4v) is 2.05. The molecule has 2 atom stereocenters. The predicted molar refractivity (Wildman–Crippen MR) is 76.8 cm³/mol. The van der Waals surface area contributed by atoms with Gasteiger partial charge in [0.25, 0.3) is 0 Å². The number of nitrogens with one attached hydrogen (secondary N) is 2. The molecule has 0 rings (SSSR count). The molecule has 0 aliphatic heterocycles. The van der Waals surface area contributed by atoms with Crippen molar-refractivity contribution >= 4 is 29.7 Å². The van der Waals surface area contributed by atoms with E-state index in [1.807, 2.05) is 13.8 Å². The molecule has 0 radical (unpaired) electrons. The summed E-state index contributed by atoms with van der Waals surface area (Å²) in [6.45, 7) is 3.86. The van der Waals surface area contributed by atoms with Gasteiger partial charge in [0.2, 0.25) is 0 Å². The minimum Gasteiger partial charge on any atom is -0.480 e. The summed E-state index contributed by atoms with van der Waals surface area (Å²) in [4.78, 5) is 33.6. The first kappa shape index (κ1) is 18.6. The third-order valence-electron chi connectivity index (χ3n) is 2.42. The highest BCUT2D eigenvalue weighted by Gasteiger charge is 2.21. The molecular formula is C12H22N2O5S. The van der Waals surface area contributed by atoms with Gasteiger partial charge in [-0.2, -0.15) is 11.8 Å². The molecule has 116 valence electrons. The fraction of sp³-hybridized carbons (Fsp3) is 0.750. The Bertz CT molecular complexity index is 338. The second kappa shape index (κ2) is 10.4. The number of rotatable bonds is 9. The number of urea groups is 1. The Labute approximate surface area is 122 Å². The number of ether oxygens (including phenoxy) is 1.